The smallest absolute Gasteiger partial charge is 0.00589 e. The fraction of sp³-hybridized carbons (Fsp3) is 0.217. The molecule has 0 aliphatic carbocycles. The average Bonchev–Trinajstić information content (AvgIpc) is 2.54. The van der Waals surface area contributed by atoms with Crippen molar-refractivity contribution in [1.82, 2.24) is 0 Å². The molecule has 0 aliphatic rings. The summed E-state index contributed by atoms with van der Waals surface area (Å²) in [6.45, 7) is 9.26. The van der Waals surface area contributed by atoms with Gasteiger partial charge in [-0.1, -0.05) is 81.4 Å². The van der Waals surface area contributed by atoms with Gasteiger partial charge in [-0.2, -0.15) is 0 Å². The fourth-order valence-electron chi connectivity index (χ4n) is 4.07. The van der Waals surface area contributed by atoms with E-state index in [1.54, 1.807) is 0 Å². The number of hydrogen-bond acceptors (Lipinski definition) is 0. The topological polar surface area (TPSA) is 0 Å². The van der Waals surface area contributed by atoms with E-state index in [0.29, 0.717) is 0 Å². The molecule has 23 heavy (non-hydrogen) atoms. The number of benzene rings is 4. The fourth-order valence-corrected chi connectivity index (χ4v) is 4.07. The van der Waals surface area contributed by atoms with Gasteiger partial charge in [0.05, 0.1) is 0 Å². The van der Waals surface area contributed by atoms with Crippen molar-refractivity contribution in [3.63, 3.8) is 0 Å². The Morgan fingerprint density at radius 1 is 0.609 bits per heavy atom. The Labute approximate surface area is 137 Å². The summed E-state index contributed by atoms with van der Waals surface area (Å²) in [6, 6.07) is 22.1. The first kappa shape index (κ1) is 14.3. The van der Waals surface area contributed by atoms with Crippen molar-refractivity contribution < 1.29 is 0 Å². The summed E-state index contributed by atoms with van der Waals surface area (Å²) in [5, 5.41) is 8.21. The highest BCUT2D eigenvalue weighted by Crippen LogP contribution is 2.41. The Kier molecular flexibility index (Phi) is 2.99. The van der Waals surface area contributed by atoms with Gasteiger partial charge in [0.15, 0.2) is 0 Å². The van der Waals surface area contributed by atoms with Crippen molar-refractivity contribution in [1.29, 1.82) is 0 Å². The second kappa shape index (κ2) is 4.83. The van der Waals surface area contributed by atoms with Crippen LogP contribution in [0.3, 0.4) is 0 Å². The maximum atomic E-state index is 2.32. The first-order valence-electron chi connectivity index (χ1n) is 8.32. The van der Waals surface area contributed by atoms with E-state index in [-0.39, 0.29) is 5.41 Å². The molecule has 0 radical (unpaired) electrons. The zero-order chi connectivity index (χ0) is 16.2. The predicted molar refractivity (Wildman–Crippen MR) is 102 cm³/mol. The van der Waals surface area contributed by atoms with E-state index in [1.165, 1.54) is 43.4 Å². The molecular formula is C23H22. The van der Waals surface area contributed by atoms with Gasteiger partial charge in [0.25, 0.3) is 0 Å². The lowest BCUT2D eigenvalue weighted by Crippen LogP contribution is -2.14. The van der Waals surface area contributed by atoms with Crippen molar-refractivity contribution >= 4 is 32.3 Å². The van der Waals surface area contributed by atoms with Gasteiger partial charge in [-0.15, -0.1) is 0 Å². The SMILES string of the molecule is Cc1c(C(C)(C)C)c2c3ccccc3ccc2c2ccccc12. The van der Waals surface area contributed by atoms with Crippen LogP contribution < -0.4 is 0 Å². The van der Waals surface area contributed by atoms with Crippen LogP contribution in [0.5, 0.6) is 0 Å². The van der Waals surface area contributed by atoms with Gasteiger partial charge < -0.3 is 0 Å². The molecule has 4 aromatic carbocycles. The van der Waals surface area contributed by atoms with Crippen molar-refractivity contribution in [2.75, 3.05) is 0 Å². The molecule has 0 nitrogen and oxygen atoms in total. The summed E-state index contributed by atoms with van der Waals surface area (Å²) in [5.74, 6) is 0. The molecule has 0 bridgehead atoms. The van der Waals surface area contributed by atoms with Crippen LogP contribution in [0, 0.1) is 6.92 Å². The first-order valence-corrected chi connectivity index (χ1v) is 8.32. The van der Waals surface area contributed by atoms with E-state index in [0.717, 1.165) is 0 Å². The van der Waals surface area contributed by atoms with Crippen LogP contribution in [0.15, 0.2) is 60.7 Å². The quantitative estimate of drug-likeness (QED) is 0.315. The number of rotatable bonds is 0. The molecule has 0 heterocycles. The van der Waals surface area contributed by atoms with Gasteiger partial charge in [-0.05, 0) is 55.8 Å². The predicted octanol–water partition coefficient (Wildman–Crippen LogP) is 6.75. The Morgan fingerprint density at radius 3 is 1.91 bits per heavy atom. The van der Waals surface area contributed by atoms with Gasteiger partial charge in [0, 0.05) is 0 Å². The van der Waals surface area contributed by atoms with Crippen molar-refractivity contribution in [2.45, 2.75) is 33.1 Å². The summed E-state index contributed by atoms with van der Waals surface area (Å²) < 4.78 is 0. The molecule has 4 aromatic rings. The molecule has 0 atom stereocenters. The van der Waals surface area contributed by atoms with Crippen LogP contribution in [0.4, 0.5) is 0 Å². The molecule has 0 aliphatic heterocycles. The molecule has 0 aromatic heterocycles. The normalized spacial score (nSPS) is 12.3. The van der Waals surface area contributed by atoms with E-state index in [4.69, 9.17) is 0 Å². The lowest BCUT2D eigenvalue weighted by atomic mass is 9.77. The minimum atomic E-state index is 0.108. The molecular weight excluding hydrogens is 276 g/mol. The summed E-state index contributed by atoms with van der Waals surface area (Å²) in [4.78, 5) is 0. The van der Waals surface area contributed by atoms with E-state index >= 15 is 0 Å². The van der Waals surface area contributed by atoms with Gasteiger partial charge in [-0.3, -0.25) is 0 Å². The average molecular weight is 298 g/mol. The Morgan fingerprint density at radius 2 is 1.22 bits per heavy atom. The van der Waals surface area contributed by atoms with Gasteiger partial charge >= 0.3 is 0 Å². The second-order valence-corrected chi connectivity index (χ2v) is 7.50. The molecule has 0 N–H and O–H groups in total. The number of hydrogen-bond donors (Lipinski definition) is 0. The zero-order valence-corrected chi connectivity index (χ0v) is 14.3. The molecule has 0 saturated carbocycles. The molecule has 114 valence electrons. The van der Waals surface area contributed by atoms with E-state index in [2.05, 4.69) is 88.4 Å². The van der Waals surface area contributed by atoms with Crippen LogP contribution in [-0.2, 0) is 5.41 Å². The minimum Gasteiger partial charge on any atom is -0.0616 e. The van der Waals surface area contributed by atoms with Crippen LogP contribution in [0.25, 0.3) is 32.3 Å². The first-order chi connectivity index (χ1) is 11.0. The third-order valence-corrected chi connectivity index (χ3v) is 4.93. The van der Waals surface area contributed by atoms with Gasteiger partial charge in [0.2, 0.25) is 0 Å². The standard InChI is InChI=1S/C23H22/c1-15-17-10-7-8-12-19(17)20-14-13-16-9-5-6-11-18(16)21(20)22(15)23(2,3)4/h5-14H,1-4H3. The molecule has 0 spiro atoms. The molecule has 0 heteroatoms. The summed E-state index contributed by atoms with van der Waals surface area (Å²) in [5.41, 5.74) is 3.00. The number of aryl methyl sites for hydroxylation is 1. The molecule has 0 amide bonds. The van der Waals surface area contributed by atoms with Gasteiger partial charge in [-0.25, -0.2) is 0 Å². The van der Waals surface area contributed by atoms with Gasteiger partial charge in [0.1, 0.15) is 0 Å². The Bertz CT molecular complexity index is 1050. The second-order valence-electron chi connectivity index (χ2n) is 7.50. The largest absolute Gasteiger partial charge is 0.0616 e. The summed E-state index contributed by atoms with van der Waals surface area (Å²) in [7, 11) is 0. The number of fused-ring (bicyclic) bond motifs is 5. The maximum absolute atomic E-state index is 2.32. The highest BCUT2D eigenvalue weighted by molar-refractivity contribution is 6.20. The summed E-state index contributed by atoms with van der Waals surface area (Å²) in [6.07, 6.45) is 0. The third kappa shape index (κ3) is 2.05. The lowest BCUT2D eigenvalue weighted by molar-refractivity contribution is 0.593. The third-order valence-electron chi connectivity index (χ3n) is 4.93. The van der Waals surface area contributed by atoms with Crippen LogP contribution in [-0.4, -0.2) is 0 Å². The van der Waals surface area contributed by atoms with E-state index in [1.807, 2.05) is 0 Å². The molecule has 0 unspecified atom stereocenters. The molecule has 4 rings (SSSR count). The van der Waals surface area contributed by atoms with E-state index in [9.17, 15) is 0 Å². The molecule has 0 saturated heterocycles. The maximum Gasteiger partial charge on any atom is -0.00589 e. The van der Waals surface area contributed by atoms with Crippen LogP contribution in [0.1, 0.15) is 31.9 Å². The van der Waals surface area contributed by atoms with Crippen LogP contribution >= 0.6 is 0 Å². The van der Waals surface area contributed by atoms with Crippen molar-refractivity contribution in [3.8, 4) is 0 Å². The summed E-state index contributed by atoms with van der Waals surface area (Å²) >= 11 is 0. The van der Waals surface area contributed by atoms with Crippen molar-refractivity contribution in [3.05, 3.63) is 71.8 Å². The monoisotopic (exact) mass is 298 g/mol. The molecule has 0 fully saturated rings. The minimum absolute atomic E-state index is 0.108. The Balaban J connectivity index is 2.40. The van der Waals surface area contributed by atoms with Crippen molar-refractivity contribution in [2.24, 2.45) is 0 Å². The highest BCUT2D eigenvalue weighted by Gasteiger charge is 2.23. The van der Waals surface area contributed by atoms with Crippen LogP contribution in [0.2, 0.25) is 0 Å². The highest BCUT2D eigenvalue weighted by atomic mass is 14.3. The van der Waals surface area contributed by atoms with E-state index < -0.39 is 0 Å². The lowest BCUT2D eigenvalue weighted by Gasteiger charge is -2.26. The Hall–Kier alpha value is -2.34. The zero-order valence-electron chi connectivity index (χ0n) is 14.3.